The van der Waals surface area contributed by atoms with Crippen molar-refractivity contribution in [2.75, 3.05) is 0 Å². The van der Waals surface area contributed by atoms with Gasteiger partial charge in [-0.1, -0.05) is 13.0 Å². The van der Waals surface area contributed by atoms with E-state index in [4.69, 9.17) is 9.90 Å². The quantitative estimate of drug-likeness (QED) is 0.660. The van der Waals surface area contributed by atoms with Crippen molar-refractivity contribution in [3.63, 3.8) is 0 Å². The molecule has 1 heterocycles. The summed E-state index contributed by atoms with van der Waals surface area (Å²) in [5, 5.41) is 8.78. The molecule has 0 saturated carbocycles. The van der Waals surface area contributed by atoms with Gasteiger partial charge in [0.25, 0.3) is 0 Å². The first-order valence-corrected chi connectivity index (χ1v) is 4.50. The van der Waals surface area contributed by atoms with Gasteiger partial charge in [-0.3, -0.25) is 0 Å². The summed E-state index contributed by atoms with van der Waals surface area (Å²) < 4.78 is 33.7. The molecule has 0 saturated heterocycles. The van der Waals surface area contributed by atoms with Crippen LogP contribution in [0, 0.1) is 0 Å². The Labute approximate surface area is 91.1 Å². The molecule has 0 atom stereocenters. The highest BCUT2D eigenvalue weighted by Crippen LogP contribution is 2.11. The highest BCUT2D eigenvalue weighted by molar-refractivity contribution is 5.70. The molecule has 0 fully saturated rings. The Morgan fingerprint density at radius 2 is 1.94 bits per heavy atom. The molecule has 0 unspecified atom stereocenters. The maximum absolute atomic E-state index is 10.5. The minimum Gasteiger partial charge on any atom is -0.542 e. The minimum atomic E-state index is -5.19. The Morgan fingerprint density at radius 1 is 1.44 bits per heavy atom. The molecule has 0 amide bonds. The molecule has 0 aliphatic heterocycles. The van der Waals surface area contributed by atoms with Gasteiger partial charge in [0.05, 0.1) is 0 Å². The van der Waals surface area contributed by atoms with E-state index in [-0.39, 0.29) is 0 Å². The molecule has 0 aliphatic rings. The Kier molecular flexibility index (Phi) is 5.49. The number of hydrogen-bond acceptors (Lipinski definition) is 2. The lowest BCUT2D eigenvalue weighted by atomic mass is 10.3. The van der Waals surface area contributed by atoms with Crippen molar-refractivity contribution in [2.24, 2.45) is 7.05 Å². The number of aromatic nitrogens is 1. The number of aryl methyl sites for hydroxylation is 2. The van der Waals surface area contributed by atoms with Crippen LogP contribution >= 0.6 is 0 Å². The number of carbonyl (C=O) groups excluding carboxylic acids is 1. The number of hydrogen-bond donors (Lipinski definition) is 0. The van der Waals surface area contributed by atoms with E-state index in [2.05, 4.69) is 36.9 Å². The molecule has 16 heavy (non-hydrogen) atoms. The second-order valence-electron chi connectivity index (χ2n) is 2.94. The molecule has 3 nitrogen and oxygen atoms in total. The van der Waals surface area contributed by atoms with Gasteiger partial charge in [-0.15, -0.1) is 0 Å². The summed E-state index contributed by atoms with van der Waals surface area (Å²) >= 11 is 0. The topological polar surface area (TPSA) is 44.0 Å². The monoisotopic (exact) mass is 235 g/mol. The SMILES string of the molecule is CCc1cccc[n+]1C.O=C([O-])C(F)(F)F. The number of aliphatic carboxylic acids is 1. The van der Waals surface area contributed by atoms with E-state index >= 15 is 0 Å². The van der Waals surface area contributed by atoms with Crippen LogP contribution in [0.4, 0.5) is 13.2 Å². The third-order valence-electron chi connectivity index (χ3n) is 1.76. The number of rotatable bonds is 1. The number of carboxylic acid groups (broad SMARTS) is 1. The molecular weight excluding hydrogens is 223 g/mol. The van der Waals surface area contributed by atoms with Crippen LogP contribution in [0.5, 0.6) is 0 Å². The van der Waals surface area contributed by atoms with Crippen molar-refractivity contribution in [1.29, 1.82) is 0 Å². The van der Waals surface area contributed by atoms with Gasteiger partial charge < -0.3 is 9.90 Å². The first-order valence-electron chi connectivity index (χ1n) is 4.50. The Bertz CT molecular complexity index is 350. The zero-order valence-electron chi connectivity index (χ0n) is 8.91. The maximum Gasteiger partial charge on any atom is 0.430 e. The Morgan fingerprint density at radius 3 is 2.19 bits per heavy atom. The normalized spacial score (nSPS) is 10.3. The molecule has 6 heteroatoms. The lowest BCUT2D eigenvalue weighted by Crippen LogP contribution is -2.37. The van der Waals surface area contributed by atoms with Crippen LogP contribution in [0.1, 0.15) is 12.6 Å². The fourth-order valence-electron chi connectivity index (χ4n) is 0.926. The Balaban J connectivity index is 0.000000293. The summed E-state index contributed by atoms with van der Waals surface area (Å²) in [6, 6.07) is 6.25. The van der Waals surface area contributed by atoms with Crippen LogP contribution in [0.15, 0.2) is 24.4 Å². The van der Waals surface area contributed by atoms with Crippen LogP contribution < -0.4 is 9.67 Å². The standard InChI is InChI=1S/C8H12N.C2HF3O2/c1-3-8-6-4-5-7-9(8)2;3-2(4,5)1(6)7/h4-7H,3H2,1-2H3;(H,6,7)/q+1;/p-1. The largest absolute Gasteiger partial charge is 0.542 e. The van der Waals surface area contributed by atoms with E-state index in [9.17, 15) is 13.2 Å². The molecule has 90 valence electrons. The smallest absolute Gasteiger partial charge is 0.430 e. The number of carboxylic acids is 1. The summed E-state index contributed by atoms with van der Waals surface area (Å²) in [5.41, 5.74) is 1.37. The van der Waals surface area contributed by atoms with Crippen molar-refractivity contribution in [1.82, 2.24) is 0 Å². The van der Waals surface area contributed by atoms with Gasteiger partial charge in [0.2, 0.25) is 0 Å². The molecule has 1 aromatic heterocycles. The zero-order chi connectivity index (χ0) is 12.8. The molecule has 0 aromatic carbocycles. The average molecular weight is 235 g/mol. The van der Waals surface area contributed by atoms with E-state index in [1.165, 1.54) is 5.69 Å². The van der Waals surface area contributed by atoms with E-state index < -0.39 is 12.1 Å². The average Bonchev–Trinajstić information content (AvgIpc) is 2.18. The fourth-order valence-corrected chi connectivity index (χ4v) is 0.926. The predicted octanol–water partition coefficient (Wildman–Crippen LogP) is 0.372. The molecule has 1 aromatic rings. The van der Waals surface area contributed by atoms with E-state index in [1.54, 1.807) is 0 Å². The van der Waals surface area contributed by atoms with Gasteiger partial charge in [0.1, 0.15) is 13.0 Å². The van der Waals surface area contributed by atoms with Crippen LogP contribution in [0.3, 0.4) is 0 Å². The van der Waals surface area contributed by atoms with Gasteiger partial charge in [-0.05, 0) is 0 Å². The van der Waals surface area contributed by atoms with Crippen molar-refractivity contribution in [2.45, 2.75) is 19.5 Å². The van der Waals surface area contributed by atoms with Crippen molar-refractivity contribution < 1.29 is 27.6 Å². The van der Waals surface area contributed by atoms with Gasteiger partial charge in [0.15, 0.2) is 11.9 Å². The molecule has 1 rings (SSSR count). The maximum atomic E-state index is 10.5. The summed E-state index contributed by atoms with van der Waals surface area (Å²) in [7, 11) is 2.07. The van der Waals surface area contributed by atoms with Crippen molar-refractivity contribution >= 4 is 5.97 Å². The summed E-state index contributed by atoms with van der Waals surface area (Å²) in [5.74, 6) is -3.01. The Hall–Kier alpha value is -1.59. The second-order valence-corrected chi connectivity index (χ2v) is 2.94. The van der Waals surface area contributed by atoms with Gasteiger partial charge in [-0.25, -0.2) is 4.57 Å². The van der Waals surface area contributed by atoms with E-state index in [1.807, 2.05) is 6.07 Å². The molecule has 0 spiro atoms. The predicted molar refractivity (Wildman–Crippen MR) is 48.1 cm³/mol. The molecular formula is C10H12F3NO2. The molecule has 0 bridgehead atoms. The summed E-state index contributed by atoms with van der Waals surface area (Å²) in [6.45, 7) is 2.16. The van der Waals surface area contributed by atoms with Gasteiger partial charge in [0, 0.05) is 18.6 Å². The van der Waals surface area contributed by atoms with Crippen LogP contribution in [-0.2, 0) is 18.3 Å². The lowest BCUT2D eigenvalue weighted by molar-refractivity contribution is -0.679. The van der Waals surface area contributed by atoms with Gasteiger partial charge >= 0.3 is 6.18 Å². The third kappa shape index (κ3) is 5.33. The number of carbonyl (C=O) groups is 1. The number of pyridine rings is 1. The van der Waals surface area contributed by atoms with Crippen LogP contribution in [0.25, 0.3) is 0 Å². The zero-order valence-corrected chi connectivity index (χ0v) is 8.91. The molecule has 0 radical (unpaired) electrons. The molecule has 0 N–H and O–H groups in total. The first kappa shape index (κ1) is 14.4. The highest BCUT2D eigenvalue weighted by atomic mass is 19.4. The van der Waals surface area contributed by atoms with Crippen molar-refractivity contribution in [3.8, 4) is 0 Å². The molecule has 0 aliphatic carbocycles. The van der Waals surface area contributed by atoms with Crippen LogP contribution in [-0.4, -0.2) is 12.1 Å². The number of halogens is 3. The number of alkyl halides is 3. The first-order chi connectivity index (χ1) is 7.29. The second kappa shape index (κ2) is 6.09. The van der Waals surface area contributed by atoms with Crippen molar-refractivity contribution in [3.05, 3.63) is 30.1 Å². The minimum absolute atomic E-state index is 1.11. The number of nitrogens with zero attached hydrogens (tertiary/aromatic N) is 1. The highest BCUT2D eigenvalue weighted by Gasteiger charge is 2.28. The van der Waals surface area contributed by atoms with E-state index in [0.29, 0.717) is 0 Å². The third-order valence-corrected chi connectivity index (χ3v) is 1.76. The lowest BCUT2D eigenvalue weighted by Gasteiger charge is -2.03. The summed E-state index contributed by atoms with van der Waals surface area (Å²) in [6.07, 6.45) is -2.02. The van der Waals surface area contributed by atoms with Crippen LogP contribution in [0.2, 0.25) is 0 Å². The van der Waals surface area contributed by atoms with Gasteiger partial charge in [-0.2, -0.15) is 13.2 Å². The summed E-state index contributed by atoms with van der Waals surface area (Å²) in [4.78, 5) is 8.78. The van der Waals surface area contributed by atoms with E-state index in [0.717, 1.165) is 6.42 Å². The fraction of sp³-hybridized carbons (Fsp3) is 0.400.